The Balaban J connectivity index is 1.10. The summed E-state index contributed by atoms with van der Waals surface area (Å²) in [5.74, 6) is 3.54. The molecule has 48 heavy (non-hydrogen) atoms. The van der Waals surface area contributed by atoms with Crippen LogP contribution in [0.5, 0.6) is 34.5 Å². The summed E-state index contributed by atoms with van der Waals surface area (Å²) in [5.41, 5.74) is 5.63. The molecule has 1 aliphatic rings. The van der Waals surface area contributed by atoms with Crippen molar-refractivity contribution < 1.29 is 28.5 Å². The molecule has 0 radical (unpaired) electrons. The molecule has 5 aromatic rings. The van der Waals surface area contributed by atoms with Gasteiger partial charge in [0.2, 0.25) is 0 Å². The molecular formula is C42H40O6. The number of hydrogen-bond donors (Lipinski definition) is 0. The molecule has 0 aromatic heterocycles. The van der Waals surface area contributed by atoms with Crippen LogP contribution in [-0.2, 0) is 5.41 Å². The molecule has 6 rings (SSSR count). The Morgan fingerprint density at radius 3 is 1.44 bits per heavy atom. The molecule has 5 aromatic carbocycles. The summed E-state index contributed by atoms with van der Waals surface area (Å²) in [6.07, 6.45) is 5.78. The Morgan fingerprint density at radius 2 is 1.00 bits per heavy atom. The quantitative estimate of drug-likeness (QED) is 0.0859. The summed E-state index contributed by atoms with van der Waals surface area (Å²) in [5, 5.41) is 0. The molecule has 0 N–H and O–H groups in total. The van der Waals surface area contributed by atoms with Gasteiger partial charge in [-0.05, 0) is 141 Å². The number of benzene rings is 5. The number of methoxy groups -OCH3 is 1. The fourth-order valence-corrected chi connectivity index (χ4v) is 6.56. The van der Waals surface area contributed by atoms with Gasteiger partial charge >= 0.3 is 5.97 Å². The SMILES string of the molecule is COc1ccc(C2(c3ccc(OC(=O)c4ccc(Oc5ccc(Oc6ccc(C(C)=O)cc6)cc5)cc4)c(C)c3)CCCCC2)cc1C. The largest absolute Gasteiger partial charge is 0.496 e. The van der Waals surface area contributed by atoms with Crippen LogP contribution >= 0.6 is 0 Å². The van der Waals surface area contributed by atoms with Gasteiger partial charge in [-0.25, -0.2) is 4.79 Å². The second-order valence-corrected chi connectivity index (χ2v) is 12.5. The lowest BCUT2D eigenvalue weighted by atomic mass is 9.65. The summed E-state index contributed by atoms with van der Waals surface area (Å²) < 4.78 is 23.3. The number of esters is 1. The summed E-state index contributed by atoms with van der Waals surface area (Å²) in [6.45, 7) is 5.63. The van der Waals surface area contributed by atoms with E-state index in [1.165, 1.54) is 37.3 Å². The van der Waals surface area contributed by atoms with E-state index in [1.807, 2.05) is 25.1 Å². The summed E-state index contributed by atoms with van der Waals surface area (Å²) in [4.78, 5) is 24.6. The Bertz CT molecular complexity index is 1900. The van der Waals surface area contributed by atoms with Crippen LogP contribution in [0.3, 0.4) is 0 Å². The smallest absolute Gasteiger partial charge is 0.343 e. The predicted octanol–water partition coefficient (Wildman–Crippen LogP) is 10.6. The highest BCUT2D eigenvalue weighted by Gasteiger charge is 2.36. The summed E-state index contributed by atoms with van der Waals surface area (Å²) in [7, 11) is 1.71. The van der Waals surface area contributed by atoms with Gasteiger partial charge in [0.05, 0.1) is 12.7 Å². The third kappa shape index (κ3) is 7.13. The molecule has 0 atom stereocenters. The van der Waals surface area contributed by atoms with E-state index >= 15 is 0 Å². The average Bonchev–Trinajstić information content (AvgIpc) is 3.10. The van der Waals surface area contributed by atoms with Crippen molar-refractivity contribution in [2.24, 2.45) is 0 Å². The molecule has 0 saturated heterocycles. The highest BCUT2D eigenvalue weighted by atomic mass is 16.5. The van der Waals surface area contributed by atoms with Crippen LogP contribution in [0.25, 0.3) is 0 Å². The number of aryl methyl sites for hydroxylation is 2. The van der Waals surface area contributed by atoms with Crippen LogP contribution in [0.4, 0.5) is 0 Å². The molecule has 0 amide bonds. The molecule has 1 fully saturated rings. The van der Waals surface area contributed by atoms with E-state index in [4.69, 9.17) is 18.9 Å². The fraction of sp³-hybridized carbons (Fsp3) is 0.238. The first-order valence-corrected chi connectivity index (χ1v) is 16.4. The first-order chi connectivity index (χ1) is 23.2. The lowest BCUT2D eigenvalue weighted by molar-refractivity contribution is 0.0733. The molecule has 6 heteroatoms. The number of carbonyl (C=O) groups is 2. The van der Waals surface area contributed by atoms with Gasteiger partial charge in [0.1, 0.15) is 34.5 Å². The van der Waals surface area contributed by atoms with Crippen molar-refractivity contribution in [1.82, 2.24) is 0 Å². The first kappa shape index (κ1) is 32.6. The van der Waals surface area contributed by atoms with E-state index in [1.54, 1.807) is 67.8 Å². The van der Waals surface area contributed by atoms with Gasteiger partial charge in [-0.1, -0.05) is 43.5 Å². The van der Waals surface area contributed by atoms with Gasteiger partial charge in [-0.3, -0.25) is 4.79 Å². The van der Waals surface area contributed by atoms with Crippen LogP contribution in [0.2, 0.25) is 0 Å². The lowest BCUT2D eigenvalue weighted by Gasteiger charge is -2.39. The van der Waals surface area contributed by atoms with Crippen molar-refractivity contribution in [3.05, 3.63) is 143 Å². The predicted molar refractivity (Wildman–Crippen MR) is 187 cm³/mol. The van der Waals surface area contributed by atoms with E-state index in [0.717, 1.165) is 29.7 Å². The minimum atomic E-state index is -0.423. The maximum atomic E-state index is 13.1. The van der Waals surface area contributed by atoms with Crippen molar-refractivity contribution >= 4 is 11.8 Å². The number of carbonyl (C=O) groups excluding carboxylic acids is 2. The Labute approximate surface area is 282 Å². The monoisotopic (exact) mass is 640 g/mol. The third-order valence-corrected chi connectivity index (χ3v) is 9.23. The molecule has 6 nitrogen and oxygen atoms in total. The van der Waals surface area contributed by atoms with Crippen molar-refractivity contribution in [2.45, 2.75) is 58.3 Å². The van der Waals surface area contributed by atoms with Gasteiger partial charge in [-0.2, -0.15) is 0 Å². The zero-order valence-electron chi connectivity index (χ0n) is 27.9. The molecule has 244 valence electrons. The number of ether oxygens (including phenoxy) is 4. The summed E-state index contributed by atoms with van der Waals surface area (Å²) in [6, 6.07) is 33.9. The average molecular weight is 641 g/mol. The second-order valence-electron chi connectivity index (χ2n) is 12.5. The van der Waals surface area contributed by atoms with Gasteiger partial charge < -0.3 is 18.9 Å². The Morgan fingerprint density at radius 1 is 0.562 bits per heavy atom. The van der Waals surface area contributed by atoms with Gasteiger partial charge in [0.15, 0.2) is 5.78 Å². The van der Waals surface area contributed by atoms with Crippen molar-refractivity contribution in [3.63, 3.8) is 0 Å². The molecule has 0 aliphatic heterocycles. The van der Waals surface area contributed by atoms with Crippen molar-refractivity contribution in [1.29, 1.82) is 0 Å². The molecular weight excluding hydrogens is 600 g/mol. The van der Waals surface area contributed by atoms with Crippen LogP contribution < -0.4 is 18.9 Å². The lowest BCUT2D eigenvalue weighted by Crippen LogP contribution is -2.30. The zero-order valence-corrected chi connectivity index (χ0v) is 27.9. The molecule has 0 unspecified atom stereocenters. The maximum absolute atomic E-state index is 13.1. The van der Waals surface area contributed by atoms with Gasteiger partial charge in [-0.15, -0.1) is 0 Å². The normalized spacial score (nSPS) is 13.8. The van der Waals surface area contributed by atoms with Crippen LogP contribution in [0, 0.1) is 13.8 Å². The van der Waals surface area contributed by atoms with E-state index in [9.17, 15) is 9.59 Å². The number of hydrogen-bond acceptors (Lipinski definition) is 6. The zero-order chi connectivity index (χ0) is 33.7. The van der Waals surface area contributed by atoms with Crippen molar-refractivity contribution in [3.8, 4) is 34.5 Å². The number of ketones is 1. The van der Waals surface area contributed by atoms with Crippen LogP contribution in [0.1, 0.15) is 82.0 Å². The van der Waals surface area contributed by atoms with E-state index in [2.05, 4.69) is 37.3 Å². The topological polar surface area (TPSA) is 71.1 Å². The minimum Gasteiger partial charge on any atom is -0.496 e. The maximum Gasteiger partial charge on any atom is 0.343 e. The highest BCUT2D eigenvalue weighted by Crippen LogP contribution is 2.46. The molecule has 0 bridgehead atoms. The fourth-order valence-electron chi connectivity index (χ4n) is 6.56. The third-order valence-electron chi connectivity index (χ3n) is 9.23. The van der Waals surface area contributed by atoms with Crippen molar-refractivity contribution in [2.75, 3.05) is 7.11 Å². The van der Waals surface area contributed by atoms with Gasteiger partial charge in [0.25, 0.3) is 0 Å². The highest BCUT2D eigenvalue weighted by molar-refractivity contribution is 5.94. The Kier molecular flexibility index (Phi) is 9.62. The first-order valence-electron chi connectivity index (χ1n) is 16.4. The van der Waals surface area contributed by atoms with Crippen LogP contribution in [-0.4, -0.2) is 18.9 Å². The molecule has 1 aliphatic carbocycles. The minimum absolute atomic E-state index is 0.0112. The van der Waals surface area contributed by atoms with E-state index in [-0.39, 0.29) is 11.2 Å². The molecule has 1 saturated carbocycles. The molecule has 0 heterocycles. The van der Waals surface area contributed by atoms with E-state index in [0.29, 0.717) is 39.9 Å². The number of Topliss-reactive ketones (excluding diaryl/α,β-unsaturated/α-hetero) is 1. The summed E-state index contributed by atoms with van der Waals surface area (Å²) >= 11 is 0. The molecule has 0 spiro atoms. The van der Waals surface area contributed by atoms with Crippen LogP contribution in [0.15, 0.2) is 109 Å². The van der Waals surface area contributed by atoms with E-state index < -0.39 is 5.97 Å². The standard InChI is InChI=1S/C42H40O6/c1-28-26-33(12-22-39(28)45-4)42(24-6-5-7-25-42)34-13-23-40(29(2)27-34)48-41(44)32-10-16-36(17-11-32)47-38-20-18-37(19-21-38)46-35-14-8-31(9-15-35)30(3)43/h8-23,26-27H,5-7,24-25H2,1-4H3. The Hall–Kier alpha value is -5.36. The van der Waals surface area contributed by atoms with Gasteiger partial charge in [0, 0.05) is 11.0 Å². The number of rotatable bonds is 10. The second kappa shape index (κ2) is 14.2.